The van der Waals surface area contributed by atoms with E-state index in [0.717, 1.165) is 31.0 Å². The van der Waals surface area contributed by atoms with Gasteiger partial charge in [-0.3, -0.25) is 0 Å². The molecule has 2 heterocycles. The lowest BCUT2D eigenvalue weighted by molar-refractivity contribution is 0.711. The van der Waals surface area contributed by atoms with Crippen LogP contribution in [0.15, 0.2) is 18.2 Å². The van der Waals surface area contributed by atoms with E-state index >= 15 is 0 Å². The zero-order valence-corrected chi connectivity index (χ0v) is 12.5. The third-order valence-electron chi connectivity index (χ3n) is 2.66. The molecule has 4 nitrogen and oxygen atoms in total. The lowest BCUT2D eigenvalue weighted by Crippen LogP contribution is -2.22. The monoisotopic (exact) mass is 276 g/mol. The molecular formula is C14H20N4S. The fourth-order valence-corrected chi connectivity index (χ4v) is 2.72. The zero-order valence-electron chi connectivity index (χ0n) is 11.7. The summed E-state index contributed by atoms with van der Waals surface area (Å²) in [6.45, 7) is 8.75. The van der Waals surface area contributed by atoms with Gasteiger partial charge in [0.05, 0.1) is 0 Å². The second kappa shape index (κ2) is 6.63. The van der Waals surface area contributed by atoms with Crippen LogP contribution < -0.4 is 10.6 Å². The maximum Gasteiger partial charge on any atom is 0.223 e. The molecule has 2 aromatic rings. The normalized spacial score (nSPS) is 10.7. The van der Waals surface area contributed by atoms with Gasteiger partial charge in [0.25, 0.3) is 0 Å². The van der Waals surface area contributed by atoms with E-state index < -0.39 is 0 Å². The van der Waals surface area contributed by atoms with Crippen LogP contribution in [0.3, 0.4) is 0 Å². The van der Waals surface area contributed by atoms with Crippen molar-refractivity contribution in [3.63, 3.8) is 0 Å². The van der Waals surface area contributed by atoms with E-state index in [1.54, 1.807) is 0 Å². The van der Waals surface area contributed by atoms with Crippen molar-refractivity contribution in [2.75, 3.05) is 18.4 Å². The molecule has 0 aliphatic carbocycles. The van der Waals surface area contributed by atoms with Gasteiger partial charge in [-0.15, -0.1) is 11.3 Å². The first kappa shape index (κ1) is 14.0. The first-order chi connectivity index (χ1) is 9.13. The standard InChI is InChI=1S/C14H20N4S/c1-10-8-11(2)18-14(17-10)16-7-6-15-9-13-5-4-12(3)19-13/h4-5,8,15H,6-7,9H2,1-3H3,(H,16,17,18). The second-order valence-corrected chi connectivity index (χ2v) is 5.96. The number of aryl methyl sites for hydroxylation is 3. The maximum atomic E-state index is 4.35. The third kappa shape index (κ3) is 4.61. The number of hydrogen-bond acceptors (Lipinski definition) is 5. The Morgan fingerprint density at radius 2 is 1.79 bits per heavy atom. The first-order valence-electron chi connectivity index (χ1n) is 6.45. The Balaban J connectivity index is 1.69. The summed E-state index contributed by atoms with van der Waals surface area (Å²) >= 11 is 1.84. The molecule has 0 amide bonds. The Bertz CT molecular complexity index is 516. The number of hydrogen-bond donors (Lipinski definition) is 2. The summed E-state index contributed by atoms with van der Waals surface area (Å²) in [6, 6.07) is 6.30. The fraction of sp³-hybridized carbons (Fsp3) is 0.429. The summed E-state index contributed by atoms with van der Waals surface area (Å²) in [5.41, 5.74) is 1.99. The average molecular weight is 276 g/mol. The molecule has 0 bridgehead atoms. The molecule has 0 aliphatic rings. The van der Waals surface area contributed by atoms with Crippen LogP contribution >= 0.6 is 11.3 Å². The maximum absolute atomic E-state index is 4.35. The molecule has 0 saturated heterocycles. The van der Waals surface area contributed by atoms with Gasteiger partial charge in [0.2, 0.25) is 5.95 Å². The Morgan fingerprint density at radius 3 is 2.42 bits per heavy atom. The van der Waals surface area contributed by atoms with E-state index in [4.69, 9.17) is 0 Å². The van der Waals surface area contributed by atoms with Crippen molar-refractivity contribution in [2.24, 2.45) is 0 Å². The van der Waals surface area contributed by atoms with Gasteiger partial charge in [0.15, 0.2) is 0 Å². The van der Waals surface area contributed by atoms with Crippen molar-refractivity contribution in [1.82, 2.24) is 15.3 Å². The highest BCUT2D eigenvalue weighted by Crippen LogP contribution is 2.14. The number of aromatic nitrogens is 2. The van der Waals surface area contributed by atoms with Gasteiger partial charge < -0.3 is 10.6 Å². The summed E-state index contributed by atoms with van der Waals surface area (Å²) in [7, 11) is 0. The first-order valence-corrected chi connectivity index (χ1v) is 7.27. The molecule has 19 heavy (non-hydrogen) atoms. The van der Waals surface area contributed by atoms with Crippen molar-refractivity contribution < 1.29 is 0 Å². The van der Waals surface area contributed by atoms with E-state index in [1.165, 1.54) is 9.75 Å². The van der Waals surface area contributed by atoms with Crippen LogP contribution in [0.25, 0.3) is 0 Å². The molecule has 0 saturated carbocycles. The number of thiophene rings is 1. The highest BCUT2D eigenvalue weighted by Gasteiger charge is 1.99. The van der Waals surface area contributed by atoms with E-state index in [0.29, 0.717) is 5.95 Å². The molecule has 0 aliphatic heterocycles. The molecular weight excluding hydrogens is 256 g/mol. The van der Waals surface area contributed by atoms with Gasteiger partial charge in [-0.25, -0.2) is 9.97 Å². The predicted octanol–water partition coefficient (Wildman–Crippen LogP) is 2.67. The number of nitrogens with zero attached hydrogens (tertiary/aromatic N) is 2. The summed E-state index contributed by atoms with van der Waals surface area (Å²) in [6.07, 6.45) is 0. The van der Waals surface area contributed by atoms with Crippen molar-refractivity contribution in [3.8, 4) is 0 Å². The van der Waals surface area contributed by atoms with Gasteiger partial charge in [-0.2, -0.15) is 0 Å². The number of anilines is 1. The Morgan fingerprint density at radius 1 is 1.05 bits per heavy atom. The second-order valence-electron chi connectivity index (χ2n) is 4.59. The minimum absolute atomic E-state index is 0.714. The summed E-state index contributed by atoms with van der Waals surface area (Å²) in [5, 5.41) is 6.64. The van der Waals surface area contributed by atoms with Gasteiger partial charge in [-0.1, -0.05) is 0 Å². The molecule has 0 radical (unpaired) electrons. The van der Waals surface area contributed by atoms with Crippen LogP contribution in [0.4, 0.5) is 5.95 Å². The topological polar surface area (TPSA) is 49.8 Å². The van der Waals surface area contributed by atoms with Crippen LogP contribution in [0.5, 0.6) is 0 Å². The molecule has 2 aromatic heterocycles. The fourth-order valence-electron chi connectivity index (χ4n) is 1.86. The predicted molar refractivity (Wildman–Crippen MR) is 80.8 cm³/mol. The van der Waals surface area contributed by atoms with Gasteiger partial charge in [0, 0.05) is 40.8 Å². The van der Waals surface area contributed by atoms with Crippen molar-refractivity contribution in [2.45, 2.75) is 27.3 Å². The average Bonchev–Trinajstić information content (AvgIpc) is 2.73. The molecule has 0 fully saturated rings. The van der Waals surface area contributed by atoms with Crippen LogP contribution in [-0.2, 0) is 6.54 Å². The summed E-state index contributed by atoms with van der Waals surface area (Å²) < 4.78 is 0. The Hall–Kier alpha value is -1.46. The molecule has 2 rings (SSSR count). The smallest absolute Gasteiger partial charge is 0.223 e. The molecule has 0 aromatic carbocycles. The highest BCUT2D eigenvalue weighted by atomic mass is 32.1. The molecule has 0 spiro atoms. The number of rotatable bonds is 6. The number of nitrogens with one attached hydrogen (secondary N) is 2. The molecule has 0 atom stereocenters. The van der Waals surface area contributed by atoms with Gasteiger partial charge >= 0.3 is 0 Å². The van der Waals surface area contributed by atoms with Crippen LogP contribution in [-0.4, -0.2) is 23.1 Å². The van der Waals surface area contributed by atoms with Crippen LogP contribution in [0.1, 0.15) is 21.1 Å². The van der Waals surface area contributed by atoms with E-state index in [1.807, 2.05) is 31.3 Å². The quantitative estimate of drug-likeness (QED) is 0.796. The van der Waals surface area contributed by atoms with Crippen LogP contribution in [0, 0.1) is 20.8 Å². The molecule has 0 unspecified atom stereocenters. The van der Waals surface area contributed by atoms with E-state index in [-0.39, 0.29) is 0 Å². The van der Waals surface area contributed by atoms with Gasteiger partial charge in [0.1, 0.15) is 0 Å². The zero-order chi connectivity index (χ0) is 13.7. The largest absolute Gasteiger partial charge is 0.353 e. The van der Waals surface area contributed by atoms with Crippen molar-refractivity contribution >= 4 is 17.3 Å². The van der Waals surface area contributed by atoms with Gasteiger partial charge in [-0.05, 0) is 39.0 Å². The Kier molecular flexibility index (Phi) is 4.87. The molecule has 102 valence electrons. The molecule has 5 heteroatoms. The minimum atomic E-state index is 0.714. The summed E-state index contributed by atoms with van der Waals surface area (Å²) in [5.74, 6) is 0.714. The lowest BCUT2D eigenvalue weighted by Gasteiger charge is -2.07. The van der Waals surface area contributed by atoms with Crippen molar-refractivity contribution in [3.05, 3.63) is 39.3 Å². The Labute approximate surface area is 118 Å². The van der Waals surface area contributed by atoms with E-state index in [9.17, 15) is 0 Å². The van der Waals surface area contributed by atoms with Crippen molar-refractivity contribution in [1.29, 1.82) is 0 Å². The lowest BCUT2D eigenvalue weighted by atomic mass is 10.4. The summed E-state index contributed by atoms with van der Waals surface area (Å²) in [4.78, 5) is 11.4. The minimum Gasteiger partial charge on any atom is -0.353 e. The molecule has 2 N–H and O–H groups in total. The SMILES string of the molecule is Cc1cc(C)nc(NCCNCc2ccc(C)s2)n1. The van der Waals surface area contributed by atoms with Crippen LogP contribution in [0.2, 0.25) is 0 Å². The highest BCUT2D eigenvalue weighted by molar-refractivity contribution is 7.11. The third-order valence-corrected chi connectivity index (χ3v) is 3.66. The van der Waals surface area contributed by atoms with E-state index in [2.05, 4.69) is 39.7 Å².